The minimum atomic E-state index is 0.753. The maximum absolute atomic E-state index is 5.33. The number of nitrogens with one attached hydrogen (secondary N) is 1. The molecule has 0 spiro atoms. The first-order chi connectivity index (χ1) is 4.83. The summed E-state index contributed by atoms with van der Waals surface area (Å²) in [5.74, 6) is 0.872. The smallest absolute Gasteiger partial charge is 0.00746 e. The van der Waals surface area contributed by atoms with Crippen LogP contribution in [0.4, 0.5) is 0 Å². The molecule has 1 heterocycles. The summed E-state index contributed by atoms with van der Waals surface area (Å²) < 4.78 is 0. The summed E-state index contributed by atoms with van der Waals surface area (Å²) in [6.45, 7) is 5.35. The molecule has 0 amide bonds. The van der Waals surface area contributed by atoms with Crippen LogP contribution in [0.25, 0.3) is 0 Å². The predicted molar refractivity (Wildman–Crippen MR) is 42.9 cm³/mol. The van der Waals surface area contributed by atoms with Gasteiger partial charge in [0.1, 0.15) is 0 Å². The van der Waals surface area contributed by atoms with Crippen LogP contribution in [0, 0.1) is 5.92 Å². The van der Waals surface area contributed by atoms with Crippen LogP contribution in [0.5, 0.6) is 0 Å². The van der Waals surface area contributed by atoms with Crippen LogP contribution >= 0.6 is 0 Å². The second-order valence-corrected chi connectivity index (χ2v) is 3.08. The Hall–Kier alpha value is -0.120. The Balaban J connectivity index is 1.86. The molecule has 1 rings (SSSR count). The fourth-order valence-corrected chi connectivity index (χ4v) is 1.37. The molecule has 1 aliphatic heterocycles. The van der Waals surface area contributed by atoms with Crippen LogP contribution in [0.3, 0.4) is 0 Å². The van der Waals surface area contributed by atoms with Gasteiger partial charge in [-0.2, -0.15) is 0 Å². The van der Waals surface area contributed by atoms with Gasteiger partial charge in [0, 0.05) is 32.7 Å². The SMILES string of the molecule is CN1CC(CNCCN)C1. The minimum absolute atomic E-state index is 0.753. The highest BCUT2D eigenvalue weighted by atomic mass is 15.2. The van der Waals surface area contributed by atoms with Crippen molar-refractivity contribution in [1.82, 2.24) is 10.2 Å². The van der Waals surface area contributed by atoms with Gasteiger partial charge in [-0.1, -0.05) is 0 Å². The Kier molecular flexibility index (Phi) is 3.12. The van der Waals surface area contributed by atoms with E-state index in [1.807, 2.05) is 0 Å². The second-order valence-electron chi connectivity index (χ2n) is 3.08. The van der Waals surface area contributed by atoms with Gasteiger partial charge in [0.2, 0.25) is 0 Å². The number of hydrogen-bond acceptors (Lipinski definition) is 3. The third-order valence-corrected chi connectivity index (χ3v) is 1.89. The average molecular weight is 143 g/mol. The highest BCUT2D eigenvalue weighted by Crippen LogP contribution is 2.10. The van der Waals surface area contributed by atoms with Gasteiger partial charge in [0.05, 0.1) is 0 Å². The number of likely N-dealkylation sites (tertiary alicyclic amines) is 1. The zero-order valence-electron chi connectivity index (χ0n) is 6.64. The molecule has 0 aromatic heterocycles. The Morgan fingerprint density at radius 2 is 2.30 bits per heavy atom. The van der Waals surface area contributed by atoms with E-state index in [1.54, 1.807) is 0 Å². The molecule has 0 aliphatic carbocycles. The second kappa shape index (κ2) is 3.91. The molecule has 3 N–H and O–H groups in total. The van der Waals surface area contributed by atoms with Crippen LogP contribution < -0.4 is 11.1 Å². The molecule has 0 aromatic carbocycles. The van der Waals surface area contributed by atoms with Crippen molar-refractivity contribution in [3.05, 3.63) is 0 Å². The minimum Gasteiger partial charge on any atom is -0.329 e. The molecule has 3 heteroatoms. The average Bonchev–Trinajstić information content (AvgIpc) is 1.85. The summed E-state index contributed by atoms with van der Waals surface area (Å²) in [5, 5.41) is 3.31. The number of hydrogen-bond donors (Lipinski definition) is 2. The first-order valence-corrected chi connectivity index (χ1v) is 3.92. The molecule has 1 fully saturated rings. The van der Waals surface area contributed by atoms with E-state index in [0.717, 1.165) is 25.6 Å². The lowest BCUT2D eigenvalue weighted by Gasteiger charge is -2.36. The number of nitrogens with zero attached hydrogens (tertiary/aromatic N) is 1. The summed E-state index contributed by atoms with van der Waals surface area (Å²) in [6, 6.07) is 0. The summed E-state index contributed by atoms with van der Waals surface area (Å²) in [4.78, 5) is 2.33. The standard InChI is InChI=1S/C7H17N3/c1-10-5-7(6-10)4-9-3-2-8/h7,9H,2-6,8H2,1H3. The molecule has 3 nitrogen and oxygen atoms in total. The molecule has 0 saturated carbocycles. The maximum Gasteiger partial charge on any atom is 0.00746 e. The van der Waals surface area contributed by atoms with Crippen molar-refractivity contribution < 1.29 is 0 Å². The van der Waals surface area contributed by atoms with Crippen molar-refractivity contribution in [3.63, 3.8) is 0 Å². The molecule has 0 atom stereocenters. The monoisotopic (exact) mass is 143 g/mol. The largest absolute Gasteiger partial charge is 0.329 e. The van der Waals surface area contributed by atoms with Crippen LogP contribution in [0.15, 0.2) is 0 Å². The Morgan fingerprint density at radius 1 is 1.60 bits per heavy atom. The van der Waals surface area contributed by atoms with Crippen LogP contribution in [0.2, 0.25) is 0 Å². The molecule has 0 aromatic rings. The predicted octanol–water partition coefficient (Wildman–Crippen LogP) is -0.904. The molecule has 0 radical (unpaired) electrons. The Morgan fingerprint density at radius 3 is 2.80 bits per heavy atom. The zero-order valence-corrected chi connectivity index (χ0v) is 6.64. The van der Waals surface area contributed by atoms with E-state index in [9.17, 15) is 0 Å². The normalized spacial score (nSPS) is 21.0. The van der Waals surface area contributed by atoms with E-state index in [1.165, 1.54) is 13.1 Å². The van der Waals surface area contributed by atoms with Crippen LogP contribution in [-0.4, -0.2) is 44.7 Å². The van der Waals surface area contributed by atoms with Crippen LogP contribution in [-0.2, 0) is 0 Å². The quantitative estimate of drug-likeness (QED) is 0.501. The highest BCUT2D eigenvalue weighted by Gasteiger charge is 2.21. The van der Waals surface area contributed by atoms with Gasteiger partial charge in [-0.05, 0) is 13.0 Å². The van der Waals surface area contributed by atoms with Crippen molar-refractivity contribution in [2.24, 2.45) is 11.7 Å². The zero-order chi connectivity index (χ0) is 7.40. The van der Waals surface area contributed by atoms with Gasteiger partial charge in [-0.25, -0.2) is 0 Å². The fraction of sp³-hybridized carbons (Fsp3) is 1.00. The van der Waals surface area contributed by atoms with Crippen molar-refractivity contribution in [3.8, 4) is 0 Å². The van der Waals surface area contributed by atoms with E-state index in [2.05, 4.69) is 17.3 Å². The van der Waals surface area contributed by atoms with Gasteiger partial charge in [0.15, 0.2) is 0 Å². The topological polar surface area (TPSA) is 41.3 Å². The lowest BCUT2D eigenvalue weighted by molar-refractivity contribution is 0.133. The van der Waals surface area contributed by atoms with E-state index in [-0.39, 0.29) is 0 Å². The van der Waals surface area contributed by atoms with Gasteiger partial charge in [0.25, 0.3) is 0 Å². The molecule has 10 heavy (non-hydrogen) atoms. The maximum atomic E-state index is 5.33. The fourth-order valence-electron chi connectivity index (χ4n) is 1.37. The summed E-state index contributed by atoms with van der Waals surface area (Å²) in [5.41, 5.74) is 5.33. The summed E-state index contributed by atoms with van der Waals surface area (Å²) >= 11 is 0. The van der Waals surface area contributed by atoms with Crippen LogP contribution in [0.1, 0.15) is 0 Å². The highest BCUT2D eigenvalue weighted by molar-refractivity contribution is 4.78. The van der Waals surface area contributed by atoms with Crippen molar-refractivity contribution in [1.29, 1.82) is 0 Å². The third kappa shape index (κ3) is 2.25. The van der Waals surface area contributed by atoms with Crippen molar-refractivity contribution in [2.45, 2.75) is 0 Å². The first-order valence-electron chi connectivity index (χ1n) is 3.92. The van der Waals surface area contributed by atoms with E-state index in [0.29, 0.717) is 0 Å². The first kappa shape index (κ1) is 7.98. The van der Waals surface area contributed by atoms with Gasteiger partial charge < -0.3 is 16.0 Å². The molecule has 0 unspecified atom stereocenters. The molecular weight excluding hydrogens is 126 g/mol. The van der Waals surface area contributed by atoms with Gasteiger partial charge in [-0.3, -0.25) is 0 Å². The van der Waals surface area contributed by atoms with Gasteiger partial charge >= 0.3 is 0 Å². The number of rotatable bonds is 4. The molecule has 60 valence electrons. The van der Waals surface area contributed by atoms with E-state index < -0.39 is 0 Å². The summed E-state index contributed by atoms with van der Waals surface area (Å²) in [7, 11) is 2.15. The summed E-state index contributed by atoms with van der Waals surface area (Å²) in [6.07, 6.45) is 0. The number of nitrogens with two attached hydrogens (primary N) is 1. The lowest BCUT2D eigenvalue weighted by atomic mass is 10.0. The molecular formula is C7H17N3. The Bertz CT molecular complexity index is 88.9. The van der Waals surface area contributed by atoms with E-state index >= 15 is 0 Å². The van der Waals surface area contributed by atoms with Crippen molar-refractivity contribution in [2.75, 3.05) is 39.8 Å². The molecule has 1 aliphatic rings. The third-order valence-electron chi connectivity index (χ3n) is 1.89. The van der Waals surface area contributed by atoms with Gasteiger partial charge in [-0.15, -0.1) is 0 Å². The van der Waals surface area contributed by atoms with Crippen molar-refractivity contribution >= 4 is 0 Å². The molecule has 0 bridgehead atoms. The Labute approximate surface area is 62.6 Å². The van der Waals surface area contributed by atoms with E-state index in [4.69, 9.17) is 5.73 Å². The molecule has 1 saturated heterocycles. The lowest BCUT2D eigenvalue weighted by Crippen LogP contribution is -2.48.